The maximum atomic E-state index is 10.5. The Balaban J connectivity index is 1.82. The van der Waals surface area contributed by atoms with Crippen LogP contribution in [0.25, 0.3) is 0 Å². The van der Waals surface area contributed by atoms with Crippen LogP contribution in [0.2, 0.25) is 0 Å². The molecule has 0 aliphatic carbocycles. The van der Waals surface area contributed by atoms with Crippen LogP contribution in [0.4, 0.5) is 0 Å². The van der Waals surface area contributed by atoms with Gasteiger partial charge in [0.2, 0.25) is 11.6 Å². The number of hydrogen-bond acceptors (Lipinski definition) is 7. The molecule has 2 fully saturated rings. The van der Waals surface area contributed by atoms with Gasteiger partial charge in [0.25, 0.3) is 0 Å². The van der Waals surface area contributed by atoms with Crippen LogP contribution in [0.3, 0.4) is 0 Å². The van der Waals surface area contributed by atoms with Crippen molar-refractivity contribution < 1.29 is 33.5 Å². The first-order valence-electron chi connectivity index (χ1n) is 10.3. The molecule has 2 heterocycles. The van der Waals surface area contributed by atoms with Gasteiger partial charge in [0.15, 0.2) is 6.29 Å². The van der Waals surface area contributed by atoms with Gasteiger partial charge in [-0.05, 0) is 47.1 Å². The van der Waals surface area contributed by atoms with Gasteiger partial charge in [-0.15, -0.1) is 0 Å². The van der Waals surface area contributed by atoms with Gasteiger partial charge in [0.1, 0.15) is 18.3 Å². The number of benzene rings is 1. The molecule has 0 aromatic heterocycles. The van der Waals surface area contributed by atoms with Gasteiger partial charge >= 0.3 is 0 Å². The standard InChI is InChI=1S/C22H34O7/c1-14(2)26-21(5)22(6,27-15(3)4)29-19-18(28-21)17(23)13-25-20(19)24-12-16-10-8-7-9-11-16/h7-11,14-15,17-20,23H,12-13H2,1-6H3/t17-,18-,19+,20-,21+,22+/m0/s1. The molecule has 164 valence electrons. The van der Waals surface area contributed by atoms with Crippen LogP contribution < -0.4 is 0 Å². The molecule has 0 spiro atoms. The lowest BCUT2D eigenvalue weighted by Gasteiger charge is -2.56. The number of aliphatic hydroxyl groups excluding tert-OH is 1. The highest BCUT2D eigenvalue weighted by Crippen LogP contribution is 2.44. The minimum atomic E-state index is -1.22. The number of aliphatic hydroxyl groups is 1. The summed E-state index contributed by atoms with van der Waals surface area (Å²) >= 11 is 0. The summed E-state index contributed by atoms with van der Waals surface area (Å²) in [5.41, 5.74) is 1.02. The summed E-state index contributed by atoms with van der Waals surface area (Å²) in [5.74, 6) is -2.43. The molecule has 0 saturated carbocycles. The van der Waals surface area contributed by atoms with Crippen molar-refractivity contribution >= 4 is 0 Å². The molecule has 1 N–H and O–H groups in total. The van der Waals surface area contributed by atoms with Crippen molar-refractivity contribution in [3.8, 4) is 0 Å². The molecule has 0 unspecified atom stereocenters. The van der Waals surface area contributed by atoms with Gasteiger partial charge in [0, 0.05) is 0 Å². The van der Waals surface area contributed by atoms with E-state index in [-0.39, 0.29) is 18.8 Å². The maximum Gasteiger partial charge on any atom is 0.221 e. The first-order chi connectivity index (χ1) is 13.6. The number of rotatable bonds is 7. The van der Waals surface area contributed by atoms with Gasteiger partial charge < -0.3 is 33.5 Å². The molecule has 2 aliphatic rings. The molecule has 3 rings (SSSR count). The Hall–Kier alpha value is -1.06. The highest BCUT2D eigenvalue weighted by molar-refractivity contribution is 5.13. The monoisotopic (exact) mass is 410 g/mol. The molecular formula is C22H34O7. The van der Waals surface area contributed by atoms with Crippen molar-refractivity contribution in [2.24, 2.45) is 0 Å². The van der Waals surface area contributed by atoms with Crippen molar-refractivity contribution in [2.75, 3.05) is 6.61 Å². The normalized spacial score (nSPS) is 37.7. The van der Waals surface area contributed by atoms with E-state index in [1.165, 1.54) is 0 Å². The summed E-state index contributed by atoms with van der Waals surface area (Å²) in [6, 6.07) is 9.82. The van der Waals surface area contributed by atoms with Crippen molar-refractivity contribution in [2.45, 2.75) is 96.5 Å². The van der Waals surface area contributed by atoms with Crippen LogP contribution in [0, 0.1) is 0 Å². The predicted molar refractivity (Wildman–Crippen MR) is 106 cm³/mol. The van der Waals surface area contributed by atoms with Crippen LogP contribution >= 0.6 is 0 Å². The quantitative estimate of drug-likeness (QED) is 0.741. The highest BCUT2D eigenvalue weighted by Gasteiger charge is 2.62. The van der Waals surface area contributed by atoms with E-state index < -0.39 is 36.2 Å². The fourth-order valence-electron chi connectivity index (χ4n) is 3.82. The molecular weight excluding hydrogens is 376 g/mol. The lowest BCUT2D eigenvalue weighted by atomic mass is 9.98. The largest absolute Gasteiger partial charge is 0.388 e. The molecule has 29 heavy (non-hydrogen) atoms. The van der Waals surface area contributed by atoms with Crippen molar-refractivity contribution in [1.29, 1.82) is 0 Å². The zero-order valence-electron chi connectivity index (χ0n) is 18.2. The average Bonchev–Trinajstić information content (AvgIpc) is 2.63. The molecule has 2 aliphatic heterocycles. The topological polar surface area (TPSA) is 75.6 Å². The predicted octanol–water partition coefficient (Wildman–Crippen LogP) is 2.99. The maximum absolute atomic E-state index is 10.5. The van der Waals surface area contributed by atoms with E-state index in [2.05, 4.69) is 0 Å². The summed E-state index contributed by atoms with van der Waals surface area (Å²) in [6.45, 7) is 11.7. The molecule has 0 amide bonds. The Morgan fingerprint density at radius 3 is 2.07 bits per heavy atom. The Kier molecular flexibility index (Phi) is 7.00. The Bertz CT molecular complexity index is 652. The van der Waals surface area contributed by atoms with E-state index in [1.807, 2.05) is 58.0 Å². The molecule has 1 aromatic rings. The van der Waals surface area contributed by atoms with Crippen LogP contribution in [-0.2, 0) is 35.0 Å². The van der Waals surface area contributed by atoms with Crippen LogP contribution in [-0.4, -0.2) is 60.1 Å². The van der Waals surface area contributed by atoms with E-state index in [0.717, 1.165) is 5.56 Å². The van der Waals surface area contributed by atoms with Gasteiger partial charge in [-0.2, -0.15) is 0 Å². The first-order valence-corrected chi connectivity index (χ1v) is 10.3. The highest BCUT2D eigenvalue weighted by atomic mass is 16.8. The molecule has 6 atom stereocenters. The molecule has 2 saturated heterocycles. The number of hydrogen-bond donors (Lipinski definition) is 1. The van der Waals surface area contributed by atoms with E-state index in [4.69, 9.17) is 28.4 Å². The van der Waals surface area contributed by atoms with Gasteiger partial charge in [-0.25, -0.2) is 0 Å². The summed E-state index contributed by atoms with van der Waals surface area (Å²) in [6.07, 6.45) is -3.17. The first kappa shape index (κ1) is 22.6. The average molecular weight is 411 g/mol. The number of fused-ring (bicyclic) bond motifs is 1. The zero-order chi connectivity index (χ0) is 21.2. The lowest BCUT2D eigenvalue weighted by molar-refractivity contribution is -0.493. The Labute approximate surface area is 173 Å². The van der Waals surface area contributed by atoms with E-state index >= 15 is 0 Å². The summed E-state index contributed by atoms with van der Waals surface area (Å²) in [5, 5.41) is 10.5. The third kappa shape index (κ3) is 4.99. The molecule has 7 heteroatoms. The minimum Gasteiger partial charge on any atom is -0.388 e. The SMILES string of the molecule is CC(C)O[C@]1(C)O[C@@H]2[C@@H](O[C@@]1(C)OC(C)C)[C@@H](OCc1ccccc1)OC[C@@H]2O. The smallest absolute Gasteiger partial charge is 0.221 e. The summed E-state index contributed by atoms with van der Waals surface area (Å²) in [7, 11) is 0. The molecule has 7 nitrogen and oxygen atoms in total. The van der Waals surface area contributed by atoms with Crippen molar-refractivity contribution in [1.82, 2.24) is 0 Å². The Morgan fingerprint density at radius 2 is 1.52 bits per heavy atom. The Morgan fingerprint density at radius 1 is 0.966 bits per heavy atom. The van der Waals surface area contributed by atoms with Crippen LogP contribution in [0.15, 0.2) is 30.3 Å². The van der Waals surface area contributed by atoms with Crippen molar-refractivity contribution in [3.05, 3.63) is 35.9 Å². The van der Waals surface area contributed by atoms with Crippen molar-refractivity contribution in [3.63, 3.8) is 0 Å². The third-order valence-corrected chi connectivity index (χ3v) is 5.13. The fraction of sp³-hybridized carbons (Fsp3) is 0.727. The second-order valence-corrected chi connectivity index (χ2v) is 8.46. The van der Waals surface area contributed by atoms with E-state index in [0.29, 0.717) is 6.61 Å². The molecule has 0 bridgehead atoms. The van der Waals surface area contributed by atoms with Crippen LogP contribution in [0.1, 0.15) is 47.1 Å². The minimum absolute atomic E-state index is 0.0868. The van der Waals surface area contributed by atoms with Gasteiger partial charge in [-0.1, -0.05) is 30.3 Å². The van der Waals surface area contributed by atoms with Crippen LogP contribution in [0.5, 0.6) is 0 Å². The fourth-order valence-corrected chi connectivity index (χ4v) is 3.82. The second-order valence-electron chi connectivity index (χ2n) is 8.46. The number of ether oxygens (including phenoxy) is 6. The van der Waals surface area contributed by atoms with E-state index in [1.54, 1.807) is 13.8 Å². The summed E-state index contributed by atoms with van der Waals surface area (Å²) < 4.78 is 36.7. The second kappa shape index (κ2) is 8.98. The lowest BCUT2D eigenvalue weighted by Crippen LogP contribution is -2.72. The van der Waals surface area contributed by atoms with Gasteiger partial charge in [0.05, 0.1) is 25.4 Å². The van der Waals surface area contributed by atoms with E-state index in [9.17, 15) is 5.11 Å². The third-order valence-electron chi connectivity index (χ3n) is 5.13. The molecule has 0 radical (unpaired) electrons. The zero-order valence-corrected chi connectivity index (χ0v) is 18.2. The van der Waals surface area contributed by atoms with Gasteiger partial charge in [-0.3, -0.25) is 0 Å². The molecule has 1 aromatic carbocycles. The summed E-state index contributed by atoms with van der Waals surface area (Å²) in [4.78, 5) is 0.